The van der Waals surface area contributed by atoms with E-state index in [1.165, 1.54) is 22.9 Å². The van der Waals surface area contributed by atoms with Crippen LogP contribution in [0.2, 0.25) is 15.1 Å². The molecule has 0 fully saturated rings. The second kappa shape index (κ2) is 6.70. The molecule has 1 aromatic heterocycles. The summed E-state index contributed by atoms with van der Waals surface area (Å²) in [6, 6.07) is 9.42. The van der Waals surface area contributed by atoms with Gasteiger partial charge in [-0.05, 0) is 40.8 Å². The van der Waals surface area contributed by atoms with Gasteiger partial charge in [-0.25, -0.2) is 4.39 Å². The van der Waals surface area contributed by atoms with Crippen molar-refractivity contribution in [1.82, 2.24) is 20.2 Å². The molecule has 0 saturated carbocycles. The van der Waals surface area contributed by atoms with Crippen LogP contribution >= 0.6 is 34.8 Å². The van der Waals surface area contributed by atoms with Gasteiger partial charge in [-0.2, -0.15) is 4.68 Å². The number of tetrazole rings is 1. The Labute approximate surface area is 146 Å². The molecule has 3 rings (SSSR count). The third-order valence-corrected chi connectivity index (χ3v) is 4.12. The van der Waals surface area contributed by atoms with Crippen LogP contribution in [0, 0.1) is 5.82 Å². The number of nitrogens with one attached hydrogen (secondary N) is 1. The molecule has 23 heavy (non-hydrogen) atoms. The predicted molar refractivity (Wildman–Crippen MR) is 87.9 cm³/mol. The molecule has 0 saturated heterocycles. The Balaban J connectivity index is 1.87. The molecule has 5 nitrogen and oxygen atoms in total. The molecule has 118 valence electrons. The lowest BCUT2D eigenvalue weighted by Gasteiger charge is -2.10. The van der Waals surface area contributed by atoms with Crippen molar-refractivity contribution in [2.24, 2.45) is 0 Å². The molecule has 1 N–H and O–H groups in total. The fraction of sp³-hybridized carbons (Fsp3) is 0.0714. The molecule has 1 heterocycles. The fourth-order valence-electron chi connectivity index (χ4n) is 1.97. The maximum atomic E-state index is 13.7. The second-order valence-electron chi connectivity index (χ2n) is 4.58. The Kier molecular flexibility index (Phi) is 4.66. The molecule has 0 aliphatic carbocycles. The summed E-state index contributed by atoms with van der Waals surface area (Å²) in [7, 11) is 0. The minimum atomic E-state index is -0.373. The maximum Gasteiger partial charge on any atom is 0.248 e. The predicted octanol–water partition coefficient (Wildman–Crippen LogP) is 4.37. The summed E-state index contributed by atoms with van der Waals surface area (Å²) in [6.45, 7) is 0.158. The molecule has 2 aromatic carbocycles. The molecule has 0 aliphatic heterocycles. The number of hydrogen-bond donors (Lipinski definition) is 1. The monoisotopic (exact) mass is 371 g/mol. The van der Waals surface area contributed by atoms with Crippen LogP contribution in [0.25, 0.3) is 5.69 Å². The number of rotatable bonds is 4. The van der Waals surface area contributed by atoms with Gasteiger partial charge in [0.1, 0.15) is 5.82 Å². The average molecular weight is 373 g/mol. The molecule has 0 bridgehead atoms. The van der Waals surface area contributed by atoms with Crippen molar-refractivity contribution in [3.05, 3.63) is 62.8 Å². The zero-order chi connectivity index (χ0) is 16.4. The SMILES string of the molecule is Fc1ccc(Cl)cc1CNc1nnnn1-c1cccc(Cl)c1Cl. The smallest absolute Gasteiger partial charge is 0.248 e. The van der Waals surface area contributed by atoms with Crippen molar-refractivity contribution in [3.8, 4) is 5.69 Å². The summed E-state index contributed by atoms with van der Waals surface area (Å²) in [5, 5.41) is 15.4. The van der Waals surface area contributed by atoms with Gasteiger partial charge in [0.25, 0.3) is 0 Å². The van der Waals surface area contributed by atoms with Crippen LogP contribution in [0.3, 0.4) is 0 Å². The Morgan fingerprint density at radius 3 is 2.78 bits per heavy atom. The quantitative estimate of drug-likeness (QED) is 0.738. The third-order valence-electron chi connectivity index (χ3n) is 3.07. The Hall–Kier alpha value is -1.89. The average Bonchev–Trinajstić information content (AvgIpc) is 2.99. The first-order chi connectivity index (χ1) is 11.1. The van der Waals surface area contributed by atoms with Crippen LogP contribution in [0.15, 0.2) is 36.4 Å². The number of benzene rings is 2. The van der Waals surface area contributed by atoms with Gasteiger partial charge in [0.2, 0.25) is 5.95 Å². The lowest BCUT2D eigenvalue weighted by molar-refractivity contribution is 0.612. The van der Waals surface area contributed by atoms with Crippen molar-refractivity contribution >= 4 is 40.8 Å². The molecule has 3 aromatic rings. The summed E-state index contributed by atoms with van der Waals surface area (Å²) in [6.07, 6.45) is 0. The normalized spacial score (nSPS) is 10.8. The van der Waals surface area contributed by atoms with Crippen molar-refractivity contribution in [2.75, 3.05) is 5.32 Å². The fourth-order valence-corrected chi connectivity index (χ4v) is 2.54. The molecular weight excluding hydrogens is 364 g/mol. The van der Waals surface area contributed by atoms with Gasteiger partial charge in [-0.3, -0.25) is 0 Å². The van der Waals surface area contributed by atoms with Gasteiger partial charge < -0.3 is 5.32 Å². The minimum Gasteiger partial charge on any atom is -0.349 e. The highest BCUT2D eigenvalue weighted by Crippen LogP contribution is 2.29. The third kappa shape index (κ3) is 3.39. The zero-order valence-electron chi connectivity index (χ0n) is 11.5. The van der Waals surface area contributed by atoms with Crippen LogP contribution in [0.1, 0.15) is 5.56 Å². The molecule has 9 heteroatoms. The summed E-state index contributed by atoms with van der Waals surface area (Å²) in [4.78, 5) is 0. The molecule has 0 atom stereocenters. The van der Waals surface area contributed by atoms with Gasteiger partial charge in [-0.15, -0.1) is 0 Å². The van der Waals surface area contributed by atoms with E-state index in [2.05, 4.69) is 20.8 Å². The van der Waals surface area contributed by atoms with Crippen LogP contribution in [0.4, 0.5) is 10.3 Å². The van der Waals surface area contributed by atoms with E-state index in [1.807, 2.05) is 0 Å². The van der Waals surface area contributed by atoms with Crippen molar-refractivity contribution in [2.45, 2.75) is 6.54 Å². The number of aromatic nitrogens is 4. The molecule has 0 spiro atoms. The lowest BCUT2D eigenvalue weighted by atomic mass is 10.2. The van der Waals surface area contributed by atoms with Gasteiger partial charge in [0, 0.05) is 17.1 Å². The van der Waals surface area contributed by atoms with E-state index in [4.69, 9.17) is 34.8 Å². The van der Waals surface area contributed by atoms with E-state index in [-0.39, 0.29) is 12.4 Å². The first-order valence-corrected chi connectivity index (χ1v) is 7.60. The number of anilines is 1. The van der Waals surface area contributed by atoms with E-state index in [1.54, 1.807) is 18.2 Å². The van der Waals surface area contributed by atoms with Crippen molar-refractivity contribution in [3.63, 3.8) is 0 Å². The lowest BCUT2D eigenvalue weighted by Crippen LogP contribution is -2.09. The van der Waals surface area contributed by atoms with Crippen LogP contribution in [0.5, 0.6) is 0 Å². The highest BCUT2D eigenvalue weighted by molar-refractivity contribution is 6.43. The summed E-state index contributed by atoms with van der Waals surface area (Å²) in [5.41, 5.74) is 0.905. The maximum absolute atomic E-state index is 13.7. The molecule has 0 amide bonds. The Morgan fingerprint density at radius 1 is 1.13 bits per heavy atom. The first-order valence-electron chi connectivity index (χ1n) is 6.47. The zero-order valence-corrected chi connectivity index (χ0v) is 13.7. The van der Waals surface area contributed by atoms with E-state index < -0.39 is 0 Å². The van der Waals surface area contributed by atoms with Gasteiger partial charge >= 0.3 is 0 Å². The van der Waals surface area contributed by atoms with Gasteiger partial charge in [0.05, 0.1) is 15.7 Å². The van der Waals surface area contributed by atoms with Gasteiger partial charge in [0.15, 0.2) is 0 Å². The largest absolute Gasteiger partial charge is 0.349 e. The topological polar surface area (TPSA) is 55.6 Å². The number of hydrogen-bond acceptors (Lipinski definition) is 4. The van der Waals surface area contributed by atoms with E-state index in [9.17, 15) is 4.39 Å². The van der Waals surface area contributed by atoms with Crippen LogP contribution in [-0.4, -0.2) is 20.2 Å². The minimum absolute atomic E-state index is 0.158. The Morgan fingerprint density at radius 2 is 1.96 bits per heavy atom. The summed E-state index contributed by atoms with van der Waals surface area (Å²) >= 11 is 18.0. The van der Waals surface area contributed by atoms with E-state index in [0.29, 0.717) is 32.3 Å². The van der Waals surface area contributed by atoms with Gasteiger partial charge in [-0.1, -0.05) is 46.0 Å². The van der Waals surface area contributed by atoms with Crippen molar-refractivity contribution in [1.29, 1.82) is 0 Å². The van der Waals surface area contributed by atoms with E-state index >= 15 is 0 Å². The van der Waals surface area contributed by atoms with Crippen molar-refractivity contribution < 1.29 is 4.39 Å². The van der Waals surface area contributed by atoms with Crippen LogP contribution in [-0.2, 0) is 6.54 Å². The van der Waals surface area contributed by atoms with Crippen LogP contribution < -0.4 is 5.32 Å². The Bertz CT molecular complexity index is 852. The molecule has 0 aliphatic rings. The molecular formula is C14H9Cl3FN5. The highest BCUT2D eigenvalue weighted by atomic mass is 35.5. The second-order valence-corrected chi connectivity index (χ2v) is 5.80. The first kappa shape index (κ1) is 16.0. The molecule has 0 radical (unpaired) electrons. The number of halogens is 4. The highest BCUT2D eigenvalue weighted by Gasteiger charge is 2.13. The summed E-state index contributed by atoms with van der Waals surface area (Å²) < 4.78 is 15.1. The molecule has 0 unspecified atom stereocenters. The summed E-state index contributed by atoms with van der Waals surface area (Å²) in [5.74, 6) is -0.0738. The standard InChI is InChI=1S/C14H9Cl3FN5/c15-9-4-5-11(18)8(6-9)7-19-14-20-21-22-23(14)12-3-1-2-10(16)13(12)17/h1-6H,7H2,(H,19,20,22). The van der Waals surface area contributed by atoms with E-state index in [0.717, 1.165) is 0 Å². The number of nitrogens with zero attached hydrogens (tertiary/aromatic N) is 4.